The summed E-state index contributed by atoms with van der Waals surface area (Å²) in [4.78, 5) is 169. The first-order chi connectivity index (χ1) is 57.3. The second kappa shape index (κ2) is 28.2. The number of halogens is 11. The van der Waals surface area contributed by atoms with Crippen LogP contribution in [0, 0.1) is 24.4 Å². The van der Waals surface area contributed by atoms with Crippen molar-refractivity contribution in [1.82, 2.24) is 29.4 Å². The monoisotopic (exact) mass is 1940 g/mol. The molecule has 6 aliphatic heterocycles. The first-order valence-corrected chi connectivity index (χ1v) is 43.5. The van der Waals surface area contributed by atoms with Crippen LogP contribution in [0.25, 0.3) is 129 Å². The van der Waals surface area contributed by atoms with Gasteiger partial charge in [-0.3, -0.25) is 86.9 Å². The summed E-state index contributed by atoms with van der Waals surface area (Å²) in [5.74, 6) is -8.49. The zero-order valence-electron chi connectivity index (χ0n) is 64.2. The Bertz CT molecular complexity index is 6530. The Balaban J connectivity index is 0.000000119. The minimum atomic E-state index is -0.972. The van der Waals surface area contributed by atoms with Gasteiger partial charge in [-0.15, -0.1) is 0 Å². The molecule has 0 spiro atoms. The molecule has 0 aromatic heterocycles. The fourth-order valence-corrected chi connectivity index (χ4v) is 23.0. The summed E-state index contributed by atoms with van der Waals surface area (Å²) in [6.45, 7) is 13.9. The highest BCUT2D eigenvalue weighted by atomic mass is 79.9. The van der Waals surface area contributed by atoms with Gasteiger partial charge in [-0.25, -0.2) is 13.2 Å². The van der Waals surface area contributed by atoms with Gasteiger partial charge in [-0.1, -0.05) is 150 Å². The molecule has 0 radical (unpaired) electrons. The van der Waals surface area contributed by atoms with Crippen LogP contribution >= 0.6 is 110 Å². The largest absolute Gasteiger partial charge is 0.275 e. The number of nitrogens with zero attached hydrogens (tertiary/aromatic N) is 6. The number of hydrogen-bond acceptors (Lipinski definition) is 12. The summed E-state index contributed by atoms with van der Waals surface area (Å²) >= 11 is 42.7. The summed E-state index contributed by atoms with van der Waals surface area (Å²) in [6.07, 6.45) is 4.35. The summed E-state index contributed by atoms with van der Waals surface area (Å²) < 4.78 is 51.0. The van der Waals surface area contributed by atoms with E-state index in [0.29, 0.717) is 119 Å². The third-order valence-electron chi connectivity index (χ3n) is 24.5. The minimum Gasteiger partial charge on any atom is -0.275 e. The van der Waals surface area contributed by atoms with Crippen molar-refractivity contribution in [2.24, 2.45) is 0 Å². The second-order valence-corrected chi connectivity index (χ2v) is 35.7. The molecule has 0 atom stereocenters. The molecule has 15 aromatic rings. The van der Waals surface area contributed by atoms with Gasteiger partial charge in [-0.2, -0.15) is 0 Å². The Morgan fingerprint density at radius 2 is 0.417 bits per heavy atom. The molecule has 0 saturated heterocycles. The maximum absolute atomic E-state index is 16.1. The van der Waals surface area contributed by atoms with E-state index in [1.807, 2.05) is 20.8 Å². The van der Waals surface area contributed by atoms with E-state index < -0.39 is 64.7 Å². The topological polar surface area (TPSA) is 224 Å². The van der Waals surface area contributed by atoms with Crippen molar-refractivity contribution in [2.45, 2.75) is 87.0 Å². The molecular weight excluding hydrogens is 1890 g/mol. The standard InChI is InChI=1S/C31H21F3N2O4.C30H18Br4N2O4.C30H18Cl4N2O4/c1-4-6-7-36-30(39)13-8-12(3)20-23-17(32)9-14-22-15(29(38)35(5-2)28(14)37)10-19(34)25(27(22)23)24-18(33)11-16(31(36)40)21(13)26(20)24;2*1-3-5-6-36-29(39)13-9-17(33)23-21-15(31)7-11-19-12(28(38)35(4-2)27(11)37)8-16(32)22(25(19)21)24-18(34)10-14(30(36)40)20(13)26(23)24/h8-11H,4-7H2,1-3H3;2*7-10H,3-6H2,1-2H3. The molecule has 6 heterocycles. The normalized spacial score (nSPS) is 15.2. The Labute approximate surface area is 731 Å². The number of fused-ring (bicyclic) bond motifs is 6. The van der Waals surface area contributed by atoms with E-state index in [1.54, 1.807) is 82.3 Å². The molecule has 21 rings (SSSR count). The molecular formula is C91H57Br4Cl4F3N6O12. The molecule has 29 heteroatoms. The fourth-order valence-electron chi connectivity index (χ4n) is 19.3. The predicted octanol–water partition coefficient (Wildman–Crippen LogP) is 23.6. The smallest absolute Gasteiger partial charge is 0.261 e. The molecule has 15 aromatic carbocycles. The third kappa shape index (κ3) is 10.4. The summed E-state index contributed by atoms with van der Waals surface area (Å²) in [5.41, 5.74) is 3.25. The van der Waals surface area contributed by atoms with Crippen molar-refractivity contribution in [3.05, 3.63) is 201 Å². The van der Waals surface area contributed by atoms with Crippen molar-refractivity contribution in [3.63, 3.8) is 0 Å². The van der Waals surface area contributed by atoms with Gasteiger partial charge >= 0.3 is 0 Å². The molecule has 0 N–H and O–H groups in total. The average Bonchev–Trinajstić information content (AvgIpc) is 0.684. The highest BCUT2D eigenvalue weighted by Crippen LogP contribution is 2.58. The van der Waals surface area contributed by atoms with Crippen LogP contribution in [-0.2, 0) is 0 Å². The van der Waals surface area contributed by atoms with E-state index >= 15 is 13.2 Å². The maximum Gasteiger partial charge on any atom is 0.261 e. The molecule has 0 fully saturated rings. The molecule has 0 bridgehead atoms. The number of rotatable bonds is 12. The van der Waals surface area contributed by atoms with Crippen molar-refractivity contribution in [2.75, 3.05) is 39.3 Å². The number of benzene rings is 15. The summed E-state index contributed by atoms with van der Waals surface area (Å²) in [6, 6.07) is 17.9. The highest BCUT2D eigenvalue weighted by Gasteiger charge is 2.45. The van der Waals surface area contributed by atoms with Crippen LogP contribution in [0.4, 0.5) is 13.2 Å². The Morgan fingerprint density at radius 3 is 0.650 bits per heavy atom. The first-order valence-electron chi connectivity index (χ1n) is 38.8. The number of amides is 12. The molecule has 0 unspecified atom stereocenters. The van der Waals surface area contributed by atoms with Crippen LogP contribution in [0.3, 0.4) is 0 Å². The number of unbranched alkanes of at least 4 members (excludes halogenated alkanes) is 3. The number of carbonyl (C=O) groups is 12. The predicted molar refractivity (Wildman–Crippen MR) is 472 cm³/mol. The van der Waals surface area contributed by atoms with E-state index in [2.05, 4.69) is 63.7 Å². The molecule has 0 saturated carbocycles. The van der Waals surface area contributed by atoms with Crippen molar-refractivity contribution >= 4 is 310 Å². The Morgan fingerprint density at radius 1 is 0.233 bits per heavy atom. The zero-order valence-corrected chi connectivity index (χ0v) is 73.5. The molecule has 0 aliphatic carbocycles. The molecule has 18 nitrogen and oxygen atoms in total. The average molecular weight is 1940 g/mol. The van der Waals surface area contributed by atoms with Crippen molar-refractivity contribution < 1.29 is 70.7 Å². The van der Waals surface area contributed by atoms with Crippen LogP contribution in [-0.4, -0.2) is 140 Å². The van der Waals surface area contributed by atoms with E-state index in [1.165, 1.54) is 14.7 Å². The van der Waals surface area contributed by atoms with Crippen molar-refractivity contribution in [1.29, 1.82) is 0 Å². The lowest BCUT2D eigenvalue weighted by molar-refractivity contribution is 0.0593. The van der Waals surface area contributed by atoms with Gasteiger partial charge in [0.2, 0.25) is 0 Å². The molecule has 12 amide bonds. The van der Waals surface area contributed by atoms with Crippen LogP contribution in [0.5, 0.6) is 0 Å². The molecule has 6 aliphatic rings. The van der Waals surface area contributed by atoms with Crippen LogP contribution in [0.1, 0.15) is 210 Å². The third-order valence-corrected chi connectivity index (χ3v) is 28.2. The maximum atomic E-state index is 16.1. The van der Waals surface area contributed by atoms with Crippen LogP contribution in [0.15, 0.2) is 90.7 Å². The van der Waals surface area contributed by atoms with E-state index in [9.17, 15) is 57.5 Å². The van der Waals surface area contributed by atoms with Gasteiger partial charge in [0.1, 0.15) is 17.5 Å². The molecule has 600 valence electrons. The number of carbonyl (C=O) groups excluding carboxylic acids is 12. The van der Waals surface area contributed by atoms with Gasteiger partial charge in [-0.05, 0) is 131 Å². The highest BCUT2D eigenvalue weighted by molar-refractivity contribution is 9.11. The lowest BCUT2D eigenvalue weighted by Crippen LogP contribution is -2.41. The lowest BCUT2D eigenvalue weighted by Gasteiger charge is -2.31. The van der Waals surface area contributed by atoms with E-state index in [0.717, 1.165) is 90.9 Å². The van der Waals surface area contributed by atoms with Gasteiger partial charge < -0.3 is 0 Å². The number of aryl methyl sites for hydroxylation is 1. The SMILES string of the molecule is CCCCN1C(=O)c2cc(Br)c3c4c(Br)cc5c6c(cc(Br)c(c7c(Br)cc(c2c37)C1=O)c64)C(=O)N(CC)C5=O.CCCCN1C(=O)c2cc(C)c3c4c(F)cc5c6c(cc(F)c(c7c(F)cc(c2c37)C1=O)c64)C(=O)N(CC)C5=O.CCCCN1C(=O)c2cc(Cl)c3c4c(Cl)cc5c6c(cc(Cl)c(c7c(Cl)cc(c2c37)C1=O)c64)C(=O)N(CC)C5=O. The quantitative estimate of drug-likeness (QED) is 0.0633. The van der Waals surface area contributed by atoms with Gasteiger partial charge in [0.25, 0.3) is 70.9 Å². The summed E-state index contributed by atoms with van der Waals surface area (Å²) in [5, 5.41) is 10.3. The minimum absolute atomic E-state index is 0.00407. The van der Waals surface area contributed by atoms with E-state index in [-0.39, 0.29) is 164 Å². The Hall–Kier alpha value is -10.1. The molecule has 120 heavy (non-hydrogen) atoms. The van der Waals surface area contributed by atoms with Crippen molar-refractivity contribution in [3.8, 4) is 0 Å². The zero-order chi connectivity index (χ0) is 85.1. The number of imide groups is 6. The summed E-state index contributed by atoms with van der Waals surface area (Å²) in [7, 11) is 0. The fraction of sp³-hybridized carbons (Fsp3) is 0.209. The van der Waals surface area contributed by atoms with E-state index in [4.69, 9.17) is 46.4 Å². The lowest BCUT2D eigenvalue weighted by atomic mass is 9.80. The van der Waals surface area contributed by atoms with Crippen LogP contribution in [0.2, 0.25) is 20.1 Å². The second-order valence-electron chi connectivity index (χ2n) is 30.6. The van der Waals surface area contributed by atoms with Gasteiger partial charge in [0, 0.05) is 229 Å². The van der Waals surface area contributed by atoms with Gasteiger partial charge in [0.05, 0.1) is 38.9 Å². The van der Waals surface area contributed by atoms with Gasteiger partial charge in [0.15, 0.2) is 0 Å². The first kappa shape index (κ1) is 79.7. The number of hydrogen-bond donors (Lipinski definition) is 0. The Kier molecular flexibility index (Phi) is 18.8. The van der Waals surface area contributed by atoms with Crippen LogP contribution < -0.4 is 0 Å².